The summed E-state index contributed by atoms with van der Waals surface area (Å²) < 4.78 is 5.52. The molecule has 0 saturated carbocycles. The third-order valence-electron chi connectivity index (χ3n) is 7.17. The van der Waals surface area contributed by atoms with E-state index >= 15 is 0 Å². The quantitative estimate of drug-likeness (QED) is 0.349. The number of rotatable bonds is 6. The monoisotopic (exact) mass is 493 g/mol. The van der Waals surface area contributed by atoms with E-state index in [1.165, 1.54) is 0 Å². The first kappa shape index (κ1) is 23.1. The third kappa shape index (κ3) is 4.51. The number of ether oxygens (including phenoxy) is 1. The van der Waals surface area contributed by atoms with Crippen molar-refractivity contribution in [3.63, 3.8) is 0 Å². The van der Waals surface area contributed by atoms with Crippen LogP contribution < -0.4 is 10.5 Å². The van der Waals surface area contributed by atoms with Crippen LogP contribution in [0.2, 0.25) is 0 Å². The zero-order valence-electron chi connectivity index (χ0n) is 20.3. The van der Waals surface area contributed by atoms with Crippen molar-refractivity contribution in [2.45, 2.75) is 19.3 Å². The van der Waals surface area contributed by atoms with Gasteiger partial charge in [-0.15, -0.1) is 0 Å². The Kier molecular flexibility index (Phi) is 6.24. The molecule has 1 aliphatic rings. The van der Waals surface area contributed by atoms with Crippen molar-refractivity contribution in [3.05, 3.63) is 88.8 Å². The van der Waals surface area contributed by atoms with Gasteiger partial charge in [-0.25, -0.2) is 5.10 Å². The lowest BCUT2D eigenvalue weighted by molar-refractivity contribution is 0.0642. The van der Waals surface area contributed by atoms with Crippen LogP contribution in [0.3, 0.4) is 0 Å². The summed E-state index contributed by atoms with van der Waals surface area (Å²) in [5.74, 6) is 0.390. The van der Waals surface area contributed by atoms with Crippen LogP contribution in [0.15, 0.2) is 77.6 Å². The molecule has 0 bridgehead atoms. The number of carbonyl (C=O) groups is 1. The molecule has 6 rings (SSSR count). The van der Waals surface area contributed by atoms with Gasteiger partial charge in [-0.05, 0) is 49.4 Å². The lowest BCUT2D eigenvalue weighted by Gasteiger charge is -2.27. The van der Waals surface area contributed by atoms with Crippen molar-refractivity contribution >= 4 is 33.3 Å². The Balaban J connectivity index is 1.34. The van der Waals surface area contributed by atoms with Crippen LogP contribution in [-0.2, 0) is 4.74 Å². The molecular formula is C29H27N5O3. The molecule has 2 N–H and O–H groups in total. The maximum absolute atomic E-state index is 13.8. The van der Waals surface area contributed by atoms with E-state index in [0.717, 1.165) is 60.0 Å². The van der Waals surface area contributed by atoms with Crippen LogP contribution >= 0.6 is 0 Å². The number of hydrogen-bond acceptors (Lipinski definition) is 5. The predicted molar refractivity (Wildman–Crippen MR) is 144 cm³/mol. The fourth-order valence-electron chi connectivity index (χ4n) is 5.08. The minimum absolute atomic E-state index is 0.134. The van der Waals surface area contributed by atoms with E-state index in [1.54, 1.807) is 6.07 Å². The summed E-state index contributed by atoms with van der Waals surface area (Å²) in [6.07, 6.45) is 2.92. The molecule has 186 valence electrons. The molecule has 1 amide bonds. The first-order valence-electron chi connectivity index (χ1n) is 12.6. The molecule has 8 nitrogen and oxygen atoms in total. The number of nitrogens with zero attached hydrogens (tertiary/aromatic N) is 3. The van der Waals surface area contributed by atoms with Gasteiger partial charge in [0.1, 0.15) is 0 Å². The smallest absolute Gasteiger partial charge is 0.279 e. The molecule has 5 aromatic rings. The molecule has 8 heteroatoms. The highest BCUT2D eigenvalue weighted by Gasteiger charge is 2.24. The van der Waals surface area contributed by atoms with Crippen LogP contribution in [0.4, 0.5) is 5.69 Å². The highest BCUT2D eigenvalue weighted by Crippen LogP contribution is 2.29. The molecule has 1 saturated heterocycles. The average Bonchev–Trinajstić information content (AvgIpc) is 3.39. The van der Waals surface area contributed by atoms with Gasteiger partial charge in [0, 0.05) is 41.8 Å². The maximum atomic E-state index is 13.8. The zero-order chi connectivity index (χ0) is 25.2. The Hall–Kier alpha value is -4.30. The fourth-order valence-corrected chi connectivity index (χ4v) is 5.08. The molecule has 2 aromatic heterocycles. The highest BCUT2D eigenvalue weighted by molar-refractivity contribution is 6.12. The normalized spacial score (nSPS) is 14.3. The van der Waals surface area contributed by atoms with Gasteiger partial charge in [-0.1, -0.05) is 48.5 Å². The first-order valence-corrected chi connectivity index (χ1v) is 12.6. The molecule has 1 fully saturated rings. The molecular weight excluding hydrogens is 466 g/mol. The summed E-state index contributed by atoms with van der Waals surface area (Å²) in [6, 6.07) is 22.9. The number of hydrogen-bond donors (Lipinski definition) is 2. The SMILES string of the molecule is O=C(c1n[nH]c2ccccc12)N(CCC1CCOCC1)c1ccc(-c2n[nH]c(=O)c3ccccc23)cc1. The molecule has 0 radical (unpaired) electrons. The van der Waals surface area contributed by atoms with Crippen LogP contribution in [0.1, 0.15) is 29.8 Å². The maximum Gasteiger partial charge on any atom is 0.279 e. The Bertz CT molecular complexity index is 1620. The van der Waals surface area contributed by atoms with Gasteiger partial charge in [-0.3, -0.25) is 14.7 Å². The Morgan fingerprint density at radius 2 is 1.57 bits per heavy atom. The Morgan fingerprint density at radius 1 is 0.865 bits per heavy atom. The number of aromatic nitrogens is 4. The second-order valence-corrected chi connectivity index (χ2v) is 9.41. The summed E-state index contributed by atoms with van der Waals surface area (Å²) in [6.45, 7) is 2.14. The van der Waals surface area contributed by atoms with Crippen LogP contribution in [0, 0.1) is 5.92 Å². The van der Waals surface area contributed by atoms with E-state index < -0.39 is 0 Å². The number of anilines is 1. The molecule has 3 aromatic carbocycles. The Morgan fingerprint density at radius 3 is 2.35 bits per heavy atom. The molecule has 3 heterocycles. The summed E-state index contributed by atoms with van der Waals surface area (Å²) in [7, 11) is 0. The van der Waals surface area contributed by atoms with E-state index in [-0.39, 0.29) is 11.5 Å². The number of nitrogens with one attached hydrogen (secondary N) is 2. The van der Waals surface area contributed by atoms with Crippen molar-refractivity contribution in [1.29, 1.82) is 0 Å². The van der Waals surface area contributed by atoms with E-state index in [1.807, 2.05) is 71.6 Å². The standard InChI is InChI=1S/C29H27N5O3/c35-28-23-6-2-1-5-22(23)26(31-33-28)20-9-11-21(12-10-20)34(16-13-19-14-17-37-18-15-19)29(36)27-24-7-3-4-8-25(24)30-32-27/h1-12,19H,13-18H2,(H,30,32)(H,33,35). The van der Waals surface area contributed by atoms with E-state index in [2.05, 4.69) is 20.4 Å². The number of carbonyl (C=O) groups excluding carboxylic acids is 1. The van der Waals surface area contributed by atoms with Crippen molar-refractivity contribution in [1.82, 2.24) is 20.4 Å². The molecule has 0 atom stereocenters. The van der Waals surface area contributed by atoms with E-state index in [4.69, 9.17) is 4.74 Å². The Labute approximate surface area is 213 Å². The lowest BCUT2D eigenvalue weighted by Crippen LogP contribution is -2.34. The van der Waals surface area contributed by atoms with Gasteiger partial charge in [0.25, 0.3) is 11.5 Å². The summed E-state index contributed by atoms with van der Waals surface area (Å²) in [5, 5.41) is 16.4. The van der Waals surface area contributed by atoms with Gasteiger partial charge in [-0.2, -0.15) is 10.2 Å². The van der Waals surface area contributed by atoms with Gasteiger partial charge in [0.15, 0.2) is 5.69 Å². The van der Waals surface area contributed by atoms with Crippen molar-refractivity contribution in [3.8, 4) is 11.3 Å². The minimum atomic E-state index is -0.216. The number of amides is 1. The first-order chi connectivity index (χ1) is 18.2. The second-order valence-electron chi connectivity index (χ2n) is 9.41. The average molecular weight is 494 g/mol. The largest absolute Gasteiger partial charge is 0.381 e. The minimum Gasteiger partial charge on any atom is -0.381 e. The predicted octanol–water partition coefficient (Wildman–Crippen LogP) is 4.93. The van der Waals surface area contributed by atoms with Gasteiger partial charge < -0.3 is 9.64 Å². The van der Waals surface area contributed by atoms with Gasteiger partial charge in [0.2, 0.25) is 0 Å². The van der Waals surface area contributed by atoms with Crippen LogP contribution in [0.5, 0.6) is 0 Å². The van der Waals surface area contributed by atoms with Crippen molar-refractivity contribution in [2.24, 2.45) is 5.92 Å². The highest BCUT2D eigenvalue weighted by atomic mass is 16.5. The lowest BCUT2D eigenvalue weighted by atomic mass is 9.96. The molecule has 1 aliphatic heterocycles. The molecule has 0 unspecified atom stereocenters. The number of benzene rings is 3. The summed E-state index contributed by atoms with van der Waals surface area (Å²) >= 11 is 0. The van der Waals surface area contributed by atoms with Crippen LogP contribution in [0.25, 0.3) is 32.9 Å². The number of para-hydroxylation sites is 1. The number of aromatic amines is 2. The number of H-pyrrole nitrogens is 2. The fraction of sp³-hybridized carbons (Fsp3) is 0.241. The van der Waals surface area contributed by atoms with Crippen molar-refractivity contribution < 1.29 is 9.53 Å². The molecule has 37 heavy (non-hydrogen) atoms. The van der Waals surface area contributed by atoms with Gasteiger partial charge >= 0.3 is 0 Å². The van der Waals surface area contributed by atoms with Crippen molar-refractivity contribution in [2.75, 3.05) is 24.7 Å². The summed E-state index contributed by atoms with van der Waals surface area (Å²) in [5.41, 5.74) is 3.38. The van der Waals surface area contributed by atoms with E-state index in [9.17, 15) is 9.59 Å². The zero-order valence-corrected chi connectivity index (χ0v) is 20.3. The van der Waals surface area contributed by atoms with Crippen LogP contribution in [-0.4, -0.2) is 46.1 Å². The second kappa shape index (κ2) is 9.99. The number of fused-ring (bicyclic) bond motifs is 2. The summed E-state index contributed by atoms with van der Waals surface area (Å²) in [4.78, 5) is 27.9. The van der Waals surface area contributed by atoms with E-state index in [0.29, 0.717) is 29.2 Å². The topological polar surface area (TPSA) is 104 Å². The van der Waals surface area contributed by atoms with Gasteiger partial charge in [0.05, 0.1) is 16.6 Å². The third-order valence-corrected chi connectivity index (χ3v) is 7.17. The molecule has 0 spiro atoms. The molecule has 0 aliphatic carbocycles.